The van der Waals surface area contributed by atoms with E-state index >= 15 is 0 Å². The van der Waals surface area contributed by atoms with Crippen LogP contribution >= 0.6 is 46.6 Å². The summed E-state index contributed by atoms with van der Waals surface area (Å²) in [4.78, 5) is 12.6. The molecular formula is C25H19Cl3F10OS. The molecule has 0 aliphatic carbocycles. The Morgan fingerprint density at radius 3 is 2.02 bits per heavy atom. The molecule has 0 saturated heterocycles. The van der Waals surface area contributed by atoms with Crippen LogP contribution in [0.1, 0.15) is 52.7 Å². The van der Waals surface area contributed by atoms with Crippen LogP contribution in [0, 0.1) is 5.92 Å². The number of alkyl halides is 9. The first-order valence-corrected chi connectivity index (χ1v) is 13.5. The topological polar surface area (TPSA) is 17.1 Å². The number of benzene rings is 2. The van der Waals surface area contributed by atoms with E-state index in [9.17, 15) is 48.7 Å². The third-order valence-electron chi connectivity index (χ3n) is 5.40. The Kier molecular flexibility index (Phi) is 11.7. The predicted octanol–water partition coefficient (Wildman–Crippen LogP) is 11.2. The van der Waals surface area contributed by atoms with Gasteiger partial charge in [0, 0.05) is 23.3 Å². The Hall–Kier alpha value is -1.63. The van der Waals surface area contributed by atoms with Gasteiger partial charge in [-0.25, -0.2) is 4.39 Å². The molecule has 0 saturated carbocycles. The third-order valence-corrected chi connectivity index (χ3v) is 7.89. The molecule has 2 aromatic carbocycles. The Morgan fingerprint density at radius 2 is 1.52 bits per heavy atom. The quantitative estimate of drug-likeness (QED) is 0.109. The van der Waals surface area contributed by atoms with Gasteiger partial charge < -0.3 is 0 Å². The van der Waals surface area contributed by atoms with Gasteiger partial charge in [-0.15, -0.1) is 0 Å². The van der Waals surface area contributed by atoms with Crippen molar-refractivity contribution >= 4 is 58.2 Å². The van der Waals surface area contributed by atoms with Gasteiger partial charge in [0.1, 0.15) is 11.7 Å². The molecule has 0 spiro atoms. The van der Waals surface area contributed by atoms with Gasteiger partial charge in [-0.1, -0.05) is 53.9 Å². The maximum Gasteiger partial charge on any atom is 0.417 e. The monoisotopic (exact) mass is 662 g/mol. The van der Waals surface area contributed by atoms with Crippen molar-refractivity contribution in [3.8, 4) is 0 Å². The van der Waals surface area contributed by atoms with Gasteiger partial charge in [0.15, 0.2) is 5.78 Å². The van der Waals surface area contributed by atoms with E-state index in [1.54, 1.807) is 0 Å². The number of allylic oxidation sites excluding steroid dienone is 1. The van der Waals surface area contributed by atoms with Gasteiger partial charge in [-0.2, -0.15) is 51.3 Å². The first-order chi connectivity index (χ1) is 18.2. The summed E-state index contributed by atoms with van der Waals surface area (Å²) in [6.07, 6.45) is -16.1. The van der Waals surface area contributed by atoms with Crippen molar-refractivity contribution in [1.29, 1.82) is 0 Å². The minimum absolute atomic E-state index is 0.0487. The average molecular weight is 664 g/mol. The van der Waals surface area contributed by atoms with E-state index in [4.69, 9.17) is 34.8 Å². The standard InChI is InChI=1S/C25H19Cl3F10OS/c1-12(11-40-5-4-23(30,31)32)6-21(39)15-3-2-13(7-17(15)25(36,37)38)20(29)10-16(24(33,34)35)14-8-18(26)22(28)19(27)9-14/h2-3,7-10,12,16H,4-6,11H2,1H3/b20-10-/t12-,16?/m0/s1. The lowest BCUT2D eigenvalue weighted by Crippen LogP contribution is -2.19. The first kappa shape index (κ1) is 34.6. The van der Waals surface area contributed by atoms with Crippen LogP contribution in [0.3, 0.4) is 0 Å². The van der Waals surface area contributed by atoms with Crippen LogP contribution in [-0.4, -0.2) is 29.6 Å². The van der Waals surface area contributed by atoms with Crippen molar-refractivity contribution in [2.24, 2.45) is 5.92 Å². The summed E-state index contributed by atoms with van der Waals surface area (Å²) in [6, 6.07) is 3.19. The van der Waals surface area contributed by atoms with Gasteiger partial charge in [0.2, 0.25) is 0 Å². The van der Waals surface area contributed by atoms with Crippen molar-refractivity contribution in [1.82, 2.24) is 0 Å². The van der Waals surface area contributed by atoms with E-state index in [0.29, 0.717) is 6.07 Å². The van der Waals surface area contributed by atoms with Crippen LogP contribution in [0.4, 0.5) is 43.9 Å². The minimum Gasteiger partial charge on any atom is -0.294 e. The molecule has 0 aliphatic rings. The Balaban J connectivity index is 2.36. The fraction of sp³-hybridized carbons (Fsp3) is 0.400. The molecule has 1 nitrogen and oxygen atoms in total. The molecule has 0 bridgehead atoms. The number of hydrogen-bond acceptors (Lipinski definition) is 2. The van der Waals surface area contributed by atoms with Gasteiger partial charge in [-0.05, 0) is 41.5 Å². The predicted molar refractivity (Wildman–Crippen MR) is 137 cm³/mol. The molecule has 0 amide bonds. The lowest BCUT2D eigenvalue weighted by Gasteiger charge is -2.19. The van der Waals surface area contributed by atoms with E-state index in [2.05, 4.69) is 0 Å². The second kappa shape index (κ2) is 13.6. The van der Waals surface area contributed by atoms with E-state index < -0.39 is 77.1 Å². The maximum atomic E-state index is 15.0. The van der Waals surface area contributed by atoms with Crippen molar-refractivity contribution in [3.63, 3.8) is 0 Å². The summed E-state index contributed by atoms with van der Waals surface area (Å²) < 4.78 is 134. The van der Waals surface area contributed by atoms with Crippen LogP contribution in [0.2, 0.25) is 15.1 Å². The molecule has 0 aliphatic heterocycles. The molecule has 0 aromatic heterocycles. The van der Waals surface area contributed by atoms with Gasteiger partial charge in [0.05, 0.1) is 27.1 Å². The average Bonchev–Trinajstić information content (AvgIpc) is 2.81. The molecule has 2 aromatic rings. The molecule has 15 heteroatoms. The maximum absolute atomic E-state index is 15.0. The smallest absolute Gasteiger partial charge is 0.294 e. The molecule has 1 unspecified atom stereocenters. The number of hydrogen-bond donors (Lipinski definition) is 0. The van der Waals surface area contributed by atoms with E-state index in [1.165, 1.54) is 6.92 Å². The number of carbonyl (C=O) groups is 1. The van der Waals surface area contributed by atoms with E-state index in [0.717, 1.165) is 30.0 Å². The summed E-state index contributed by atoms with van der Waals surface area (Å²) in [5.41, 5.74) is -3.91. The second-order valence-electron chi connectivity index (χ2n) is 8.76. The summed E-state index contributed by atoms with van der Waals surface area (Å²) in [6.45, 7) is 1.47. The Morgan fingerprint density at radius 1 is 0.950 bits per heavy atom. The SMILES string of the molecule is C[C@H](CSCCC(F)(F)F)CC(=O)c1ccc(/C(F)=C/C(c2cc(Cl)c(Cl)c(Cl)c2)C(F)(F)F)cc1C(F)(F)F. The highest BCUT2D eigenvalue weighted by atomic mass is 35.5. The highest BCUT2D eigenvalue weighted by Crippen LogP contribution is 2.43. The lowest BCUT2D eigenvalue weighted by molar-refractivity contribution is -0.140. The summed E-state index contributed by atoms with van der Waals surface area (Å²) in [5.74, 6) is -6.14. The van der Waals surface area contributed by atoms with Gasteiger partial charge >= 0.3 is 18.5 Å². The van der Waals surface area contributed by atoms with E-state index in [-0.39, 0.29) is 38.7 Å². The molecule has 0 radical (unpaired) electrons. The van der Waals surface area contributed by atoms with Crippen molar-refractivity contribution in [2.45, 2.75) is 44.2 Å². The number of carbonyl (C=O) groups excluding carboxylic acids is 1. The van der Waals surface area contributed by atoms with Gasteiger partial charge in [-0.3, -0.25) is 4.79 Å². The van der Waals surface area contributed by atoms with Crippen molar-refractivity contribution < 1.29 is 48.7 Å². The minimum atomic E-state index is -5.17. The Bertz CT molecular complexity index is 1220. The molecule has 40 heavy (non-hydrogen) atoms. The number of thioether (sulfide) groups is 1. The molecule has 0 fully saturated rings. The van der Waals surface area contributed by atoms with Crippen LogP contribution in [0.25, 0.3) is 5.83 Å². The molecule has 2 rings (SSSR count). The second-order valence-corrected chi connectivity index (χ2v) is 11.1. The molecular weight excluding hydrogens is 645 g/mol. The highest BCUT2D eigenvalue weighted by molar-refractivity contribution is 7.99. The van der Waals surface area contributed by atoms with Crippen LogP contribution in [-0.2, 0) is 6.18 Å². The third kappa shape index (κ3) is 10.0. The van der Waals surface area contributed by atoms with Crippen molar-refractivity contribution in [2.75, 3.05) is 11.5 Å². The first-order valence-electron chi connectivity index (χ1n) is 11.2. The van der Waals surface area contributed by atoms with Crippen LogP contribution in [0.5, 0.6) is 0 Å². The molecule has 2 atom stereocenters. The summed E-state index contributed by atoms with van der Waals surface area (Å²) in [5, 5.41) is -0.966. The zero-order chi connectivity index (χ0) is 30.6. The van der Waals surface area contributed by atoms with E-state index in [1.807, 2.05) is 0 Å². The molecule has 0 heterocycles. The fourth-order valence-corrected chi connectivity index (χ4v) is 5.18. The number of halogens is 13. The Labute approximate surface area is 241 Å². The van der Waals surface area contributed by atoms with Crippen LogP contribution in [0.15, 0.2) is 36.4 Å². The normalized spacial score (nSPS) is 14.8. The largest absolute Gasteiger partial charge is 0.417 e. The zero-order valence-electron chi connectivity index (χ0n) is 20.2. The molecule has 0 N–H and O–H groups in total. The number of rotatable bonds is 10. The van der Waals surface area contributed by atoms with Crippen molar-refractivity contribution in [3.05, 3.63) is 73.7 Å². The van der Waals surface area contributed by atoms with Gasteiger partial charge in [0.25, 0.3) is 0 Å². The van der Waals surface area contributed by atoms with Crippen LogP contribution < -0.4 is 0 Å². The fourth-order valence-electron chi connectivity index (χ4n) is 3.51. The summed E-state index contributed by atoms with van der Waals surface area (Å²) >= 11 is 18.2. The zero-order valence-corrected chi connectivity index (χ0v) is 23.3. The number of Topliss-reactive ketones (excluding diaryl/α,β-unsaturated/α-hetero) is 1. The lowest BCUT2D eigenvalue weighted by atomic mass is 9.93. The highest BCUT2D eigenvalue weighted by Gasteiger charge is 2.41. The molecule has 222 valence electrons. The summed E-state index contributed by atoms with van der Waals surface area (Å²) in [7, 11) is 0. The number of ketones is 1.